The molecule has 1 aromatic heterocycles. The standard InChI is InChI=1S/C15H17FN2O/c1-3-13(17)14-7-6-12(9-18-14)19-15-8-11(16)5-4-10(15)2/h4-9,13H,3,17H2,1-2H3. The highest BCUT2D eigenvalue weighted by atomic mass is 19.1. The second-order valence-electron chi connectivity index (χ2n) is 4.45. The highest BCUT2D eigenvalue weighted by molar-refractivity contribution is 5.37. The second-order valence-corrected chi connectivity index (χ2v) is 4.45. The average Bonchev–Trinajstić information content (AvgIpc) is 2.43. The van der Waals surface area contributed by atoms with E-state index in [4.69, 9.17) is 10.5 Å². The average molecular weight is 260 g/mol. The molecule has 0 saturated heterocycles. The molecule has 100 valence electrons. The number of hydrogen-bond acceptors (Lipinski definition) is 3. The molecule has 4 heteroatoms. The van der Waals surface area contributed by atoms with Crippen molar-refractivity contribution >= 4 is 0 Å². The maximum atomic E-state index is 13.2. The summed E-state index contributed by atoms with van der Waals surface area (Å²) < 4.78 is 18.8. The number of benzene rings is 1. The van der Waals surface area contributed by atoms with Crippen molar-refractivity contribution in [2.24, 2.45) is 5.73 Å². The summed E-state index contributed by atoms with van der Waals surface area (Å²) in [5, 5.41) is 0. The number of rotatable bonds is 4. The Hall–Kier alpha value is -1.94. The van der Waals surface area contributed by atoms with E-state index in [2.05, 4.69) is 4.98 Å². The Bertz CT molecular complexity index is 555. The number of halogens is 1. The summed E-state index contributed by atoms with van der Waals surface area (Å²) in [6, 6.07) is 8.01. The Morgan fingerprint density at radius 1 is 1.32 bits per heavy atom. The fourth-order valence-electron chi connectivity index (χ4n) is 1.69. The maximum Gasteiger partial charge on any atom is 0.145 e. The summed E-state index contributed by atoms with van der Waals surface area (Å²) in [5.74, 6) is 0.744. The van der Waals surface area contributed by atoms with Gasteiger partial charge in [0.05, 0.1) is 11.9 Å². The van der Waals surface area contributed by atoms with Gasteiger partial charge in [-0.3, -0.25) is 4.98 Å². The molecule has 2 rings (SSSR count). The lowest BCUT2D eigenvalue weighted by Crippen LogP contribution is -2.10. The summed E-state index contributed by atoms with van der Waals surface area (Å²) in [4.78, 5) is 4.25. The van der Waals surface area contributed by atoms with Crippen molar-refractivity contribution in [1.29, 1.82) is 0 Å². The molecule has 2 N–H and O–H groups in total. The van der Waals surface area contributed by atoms with Crippen LogP contribution >= 0.6 is 0 Å². The van der Waals surface area contributed by atoms with E-state index >= 15 is 0 Å². The van der Waals surface area contributed by atoms with Crippen molar-refractivity contribution < 1.29 is 9.13 Å². The second kappa shape index (κ2) is 5.80. The third-order valence-corrected chi connectivity index (χ3v) is 2.96. The molecule has 1 unspecified atom stereocenters. The maximum absolute atomic E-state index is 13.2. The third-order valence-electron chi connectivity index (χ3n) is 2.96. The largest absolute Gasteiger partial charge is 0.455 e. The fraction of sp³-hybridized carbons (Fsp3) is 0.267. The van der Waals surface area contributed by atoms with E-state index in [1.807, 2.05) is 19.9 Å². The van der Waals surface area contributed by atoms with Gasteiger partial charge in [-0.2, -0.15) is 0 Å². The minimum absolute atomic E-state index is 0.0649. The van der Waals surface area contributed by atoms with Crippen LogP contribution in [0.2, 0.25) is 0 Å². The first-order valence-corrected chi connectivity index (χ1v) is 6.25. The Morgan fingerprint density at radius 2 is 2.11 bits per heavy atom. The van der Waals surface area contributed by atoms with Gasteiger partial charge in [-0.05, 0) is 37.1 Å². The molecular weight excluding hydrogens is 243 g/mol. The van der Waals surface area contributed by atoms with E-state index in [9.17, 15) is 4.39 Å². The van der Waals surface area contributed by atoms with Crippen LogP contribution in [0.25, 0.3) is 0 Å². The summed E-state index contributed by atoms with van der Waals surface area (Å²) in [6.07, 6.45) is 2.44. The minimum Gasteiger partial charge on any atom is -0.455 e. The number of hydrogen-bond donors (Lipinski definition) is 1. The number of nitrogens with two attached hydrogens (primary N) is 1. The highest BCUT2D eigenvalue weighted by Gasteiger charge is 2.07. The Labute approximate surface area is 112 Å². The van der Waals surface area contributed by atoms with Gasteiger partial charge in [0.15, 0.2) is 0 Å². The molecule has 0 aliphatic heterocycles. The summed E-state index contributed by atoms with van der Waals surface area (Å²) in [7, 11) is 0. The smallest absolute Gasteiger partial charge is 0.145 e. The first-order valence-electron chi connectivity index (χ1n) is 6.25. The Kier molecular flexibility index (Phi) is 4.12. The van der Waals surface area contributed by atoms with Crippen molar-refractivity contribution in [3.05, 3.63) is 53.6 Å². The van der Waals surface area contributed by atoms with Crippen molar-refractivity contribution in [1.82, 2.24) is 4.98 Å². The van der Waals surface area contributed by atoms with Crippen LogP contribution in [-0.4, -0.2) is 4.98 Å². The number of ether oxygens (including phenoxy) is 1. The van der Waals surface area contributed by atoms with Crippen LogP contribution in [0.1, 0.15) is 30.6 Å². The van der Waals surface area contributed by atoms with Crippen LogP contribution < -0.4 is 10.5 Å². The number of aromatic nitrogens is 1. The summed E-state index contributed by atoms with van der Waals surface area (Å²) in [6.45, 7) is 3.87. The first kappa shape index (κ1) is 13.5. The molecule has 0 aliphatic rings. The third kappa shape index (κ3) is 3.29. The van der Waals surface area contributed by atoms with Gasteiger partial charge in [0.25, 0.3) is 0 Å². The molecule has 0 radical (unpaired) electrons. The van der Waals surface area contributed by atoms with Crippen LogP contribution in [0.4, 0.5) is 4.39 Å². The monoisotopic (exact) mass is 260 g/mol. The molecule has 0 bridgehead atoms. The van der Waals surface area contributed by atoms with Crippen molar-refractivity contribution in [2.75, 3.05) is 0 Å². The lowest BCUT2D eigenvalue weighted by Gasteiger charge is -2.11. The van der Waals surface area contributed by atoms with E-state index in [1.54, 1.807) is 18.3 Å². The number of aryl methyl sites for hydroxylation is 1. The SMILES string of the molecule is CCC(N)c1ccc(Oc2cc(F)ccc2C)cn1. The quantitative estimate of drug-likeness (QED) is 0.911. The zero-order chi connectivity index (χ0) is 13.8. The van der Waals surface area contributed by atoms with E-state index in [-0.39, 0.29) is 11.9 Å². The normalized spacial score (nSPS) is 12.2. The van der Waals surface area contributed by atoms with Crippen LogP contribution in [-0.2, 0) is 0 Å². The molecule has 0 aliphatic carbocycles. The predicted molar refractivity (Wildman–Crippen MR) is 72.7 cm³/mol. The zero-order valence-corrected chi connectivity index (χ0v) is 11.1. The molecule has 1 heterocycles. The molecule has 1 aromatic carbocycles. The van der Waals surface area contributed by atoms with Gasteiger partial charge in [0.1, 0.15) is 17.3 Å². The van der Waals surface area contributed by atoms with Gasteiger partial charge < -0.3 is 10.5 Å². The molecular formula is C15H17FN2O. The van der Waals surface area contributed by atoms with Crippen molar-refractivity contribution in [3.63, 3.8) is 0 Å². The highest BCUT2D eigenvalue weighted by Crippen LogP contribution is 2.25. The van der Waals surface area contributed by atoms with Gasteiger partial charge in [-0.25, -0.2) is 4.39 Å². The molecule has 0 fully saturated rings. The van der Waals surface area contributed by atoms with Crippen molar-refractivity contribution in [2.45, 2.75) is 26.3 Å². The summed E-state index contributed by atoms with van der Waals surface area (Å²) in [5.41, 5.74) is 7.58. The lowest BCUT2D eigenvalue weighted by molar-refractivity contribution is 0.469. The van der Waals surface area contributed by atoms with E-state index in [1.165, 1.54) is 12.1 Å². The molecule has 2 aromatic rings. The molecule has 3 nitrogen and oxygen atoms in total. The molecule has 19 heavy (non-hydrogen) atoms. The van der Waals surface area contributed by atoms with Gasteiger partial charge in [-0.1, -0.05) is 13.0 Å². The van der Waals surface area contributed by atoms with Crippen molar-refractivity contribution in [3.8, 4) is 11.5 Å². The van der Waals surface area contributed by atoms with Crippen LogP contribution in [0.3, 0.4) is 0 Å². The van der Waals surface area contributed by atoms with Crippen LogP contribution in [0.15, 0.2) is 36.5 Å². The molecule has 0 spiro atoms. The Balaban J connectivity index is 2.17. The van der Waals surface area contributed by atoms with Crippen LogP contribution in [0, 0.1) is 12.7 Å². The Morgan fingerprint density at radius 3 is 2.74 bits per heavy atom. The van der Waals surface area contributed by atoms with Gasteiger partial charge in [0, 0.05) is 12.1 Å². The predicted octanol–water partition coefficient (Wildman–Crippen LogP) is 3.73. The van der Waals surface area contributed by atoms with Gasteiger partial charge >= 0.3 is 0 Å². The van der Waals surface area contributed by atoms with Gasteiger partial charge in [0.2, 0.25) is 0 Å². The first-order chi connectivity index (χ1) is 9.10. The molecule has 1 atom stereocenters. The number of pyridine rings is 1. The molecule has 0 amide bonds. The zero-order valence-electron chi connectivity index (χ0n) is 11.1. The topological polar surface area (TPSA) is 48.1 Å². The summed E-state index contributed by atoms with van der Waals surface area (Å²) >= 11 is 0. The van der Waals surface area contributed by atoms with Crippen LogP contribution in [0.5, 0.6) is 11.5 Å². The number of nitrogens with zero attached hydrogens (tertiary/aromatic N) is 1. The molecule has 0 saturated carbocycles. The van der Waals surface area contributed by atoms with E-state index < -0.39 is 0 Å². The van der Waals surface area contributed by atoms with E-state index in [0.717, 1.165) is 17.7 Å². The van der Waals surface area contributed by atoms with Gasteiger partial charge in [-0.15, -0.1) is 0 Å². The minimum atomic E-state index is -0.321. The lowest BCUT2D eigenvalue weighted by atomic mass is 10.1. The van der Waals surface area contributed by atoms with E-state index in [0.29, 0.717) is 11.5 Å². The fourth-order valence-corrected chi connectivity index (χ4v) is 1.69.